The zero-order chi connectivity index (χ0) is 14.5. The molecule has 0 unspecified atom stereocenters. The van der Waals surface area contributed by atoms with Crippen molar-refractivity contribution in [3.63, 3.8) is 0 Å². The van der Waals surface area contributed by atoms with E-state index in [1.165, 1.54) is 11.1 Å². The maximum atomic E-state index is 12.4. The summed E-state index contributed by atoms with van der Waals surface area (Å²) < 4.78 is 0. The van der Waals surface area contributed by atoms with Gasteiger partial charge in [0.1, 0.15) is 0 Å². The van der Waals surface area contributed by atoms with Gasteiger partial charge in [0.15, 0.2) is 0 Å². The summed E-state index contributed by atoms with van der Waals surface area (Å²) in [5, 5.41) is 0. The number of nitrogens with zero attached hydrogens (tertiary/aromatic N) is 1. The van der Waals surface area contributed by atoms with Gasteiger partial charge in [0, 0.05) is 25.7 Å². The van der Waals surface area contributed by atoms with Gasteiger partial charge in [0.25, 0.3) is 5.91 Å². The lowest BCUT2D eigenvalue weighted by atomic mass is 10.1. The van der Waals surface area contributed by atoms with Crippen molar-refractivity contribution in [3.05, 3.63) is 70.8 Å². The molecule has 0 aliphatic rings. The highest BCUT2D eigenvalue weighted by molar-refractivity contribution is 5.94. The van der Waals surface area contributed by atoms with E-state index in [-0.39, 0.29) is 5.91 Å². The second-order valence-electron chi connectivity index (χ2n) is 4.99. The van der Waals surface area contributed by atoms with E-state index in [4.69, 9.17) is 5.73 Å². The highest BCUT2D eigenvalue weighted by atomic mass is 16.2. The second kappa shape index (κ2) is 6.35. The molecule has 0 bridgehead atoms. The first-order valence-electron chi connectivity index (χ1n) is 6.71. The summed E-state index contributed by atoms with van der Waals surface area (Å²) in [6, 6.07) is 15.6. The van der Waals surface area contributed by atoms with Crippen LogP contribution in [0.15, 0.2) is 48.5 Å². The fraction of sp³-hybridized carbons (Fsp3) is 0.235. The molecule has 0 fully saturated rings. The molecule has 3 heteroatoms. The first-order chi connectivity index (χ1) is 9.61. The van der Waals surface area contributed by atoms with Crippen LogP contribution in [0.2, 0.25) is 0 Å². The summed E-state index contributed by atoms with van der Waals surface area (Å²) >= 11 is 0. The van der Waals surface area contributed by atoms with Crippen LogP contribution in [-0.2, 0) is 13.1 Å². The minimum atomic E-state index is 0.0248. The van der Waals surface area contributed by atoms with E-state index in [1.54, 1.807) is 4.90 Å². The Balaban J connectivity index is 2.10. The predicted molar refractivity (Wildman–Crippen MR) is 81.3 cm³/mol. The van der Waals surface area contributed by atoms with E-state index in [2.05, 4.69) is 19.1 Å². The Morgan fingerprint density at radius 1 is 1.10 bits per heavy atom. The minimum Gasteiger partial charge on any atom is -0.337 e. The smallest absolute Gasteiger partial charge is 0.253 e. The lowest BCUT2D eigenvalue weighted by Gasteiger charge is -2.18. The lowest BCUT2D eigenvalue weighted by molar-refractivity contribution is 0.0785. The quantitative estimate of drug-likeness (QED) is 0.926. The third kappa shape index (κ3) is 3.25. The van der Waals surface area contributed by atoms with E-state index in [0.29, 0.717) is 18.7 Å². The molecule has 0 spiro atoms. The van der Waals surface area contributed by atoms with Gasteiger partial charge in [0.05, 0.1) is 0 Å². The van der Waals surface area contributed by atoms with Crippen LogP contribution < -0.4 is 5.73 Å². The van der Waals surface area contributed by atoms with Crippen molar-refractivity contribution in [1.29, 1.82) is 0 Å². The molecule has 2 rings (SSSR count). The molecule has 1 amide bonds. The van der Waals surface area contributed by atoms with E-state index >= 15 is 0 Å². The first-order valence-corrected chi connectivity index (χ1v) is 6.71. The van der Waals surface area contributed by atoms with Gasteiger partial charge in [-0.1, -0.05) is 36.4 Å². The number of hydrogen-bond donors (Lipinski definition) is 1. The molecule has 2 aromatic carbocycles. The second-order valence-corrected chi connectivity index (χ2v) is 4.99. The van der Waals surface area contributed by atoms with E-state index < -0.39 is 0 Å². The Bertz CT molecular complexity index is 590. The zero-order valence-electron chi connectivity index (χ0n) is 12.0. The standard InChI is InChI=1S/C17H20N2O/c1-13-5-3-4-6-16(13)12-19(2)17(20)15-9-7-14(11-18)8-10-15/h3-10H,11-12,18H2,1-2H3. The van der Waals surface area contributed by atoms with Gasteiger partial charge >= 0.3 is 0 Å². The third-order valence-corrected chi connectivity index (χ3v) is 3.45. The van der Waals surface area contributed by atoms with Crippen molar-refractivity contribution in [1.82, 2.24) is 4.90 Å². The predicted octanol–water partition coefficient (Wildman–Crippen LogP) is 2.73. The molecule has 0 atom stereocenters. The molecule has 0 saturated heterocycles. The van der Waals surface area contributed by atoms with Gasteiger partial charge in [0.2, 0.25) is 0 Å². The number of aryl methyl sites for hydroxylation is 1. The highest BCUT2D eigenvalue weighted by Crippen LogP contribution is 2.12. The molecule has 0 aliphatic heterocycles. The van der Waals surface area contributed by atoms with Gasteiger partial charge in [-0.15, -0.1) is 0 Å². The minimum absolute atomic E-state index is 0.0248. The van der Waals surface area contributed by atoms with Crippen LogP contribution in [0.25, 0.3) is 0 Å². The Morgan fingerprint density at radius 2 is 1.75 bits per heavy atom. The molecule has 0 heterocycles. The number of amides is 1. The normalized spacial score (nSPS) is 10.3. The number of carbonyl (C=O) groups excluding carboxylic acids is 1. The average Bonchev–Trinajstić information content (AvgIpc) is 2.49. The Labute approximate surface area is 120 Å². The van der Waals surface area contributed by atoms with Gasteiger partial charge in [-0.3, -0.25) is 4.79 Å². The number of carbonyl (C=O) groups is 1. The van der Waals surface area contributed by atoms with Crippen LogP contribution in [0.5, 0.6) is 0 Å². The zero-order valence-corrected chi connectivity index (χ0v) is 12.0. The van der Waals surface area contributed by atoms with Crippen LogP contribution in [0, 0.1) is 6.92 Å². The SMILES string of the molecule is Cc1ccccc1CN(C)C(=O)c1ccc(CN)cc1. The summed E-state index contributed by atoms with van der Waals surface area (Å²) in [4.78, 5) is 14.1. The van der Waals surface area contributed by atoms with Gasteiger partial charge < -0.3 is 10.6 Å². The van der Waals surface area contributed by atoms with Gasteiger partial charge in [-0.25, -0.2) is 0 Å². The average molecular weight is 268 g/mol. The largest absolute Gasteiger partial charge is 0.337 e. The Hall–Kier alpha value is -2.13. The summed E-state index contributed by atoms with van der Waals surface area (Å²) in [5.41, 5.74) is 9.65. The molecule has 0 radical (unpaired) electrons. The number of nitrogens with two attached hydrogens (primary N) is 1. The summed E-state index contributed by atoms with van der Waals surface area (Å²) in [6.45, 7) is 3.17. The van der Waals surface area contributed by atoms with Gasteiger partial charge in [-0.2, -0.15) is 0 Å². The van der Waals surface area contributed by atoms with Crippen molar-refractivity contribution < 1.29 is 4.79 Å². The van der Waals surface area contributed by atoms with Crippen molar-refractivity contribution in [2.75, 3.05) is 7.05 Å². The topological polar surface area (TPSA) is 46.3 Å². The van der Waals surface area contributed by atoms with Crippen molar-refractivity contribution in [3.8, 4) is 0 Å². The molecule has 104 valence electrons. The van der Waals surface area contributed by atoms with Crippen LogP contribution in [0.1, 0.15) is 27.0 Å². The number of benzene rings is 2. The molecule has 2 N–H and O–H groups in total. The number of hydrogen-bond acceptors (Lipinski definition) is 2. The third-order valence-electron chi connectivity index (χ3n) is 3.45. The van der Waals surface area contributed by atoms with Crippen molar-refractivity contribution >= 4 is 5.91 Å². The van der Waals surface area contributed by atoms with Crippen LogP contribution >= 0.6 is 0 Å². The fourth-order valence-electron chi connectivity index (χ4n) is 2.12. The van der Waals surface area contributed by atoms with E-state index in [0.717, 1.165) is 5.56 Å². The molecule has 0 aromatic heterocycles. The summed E-state index contributed by atoms with van der Waals surface area (Å²) in [5.74, 6) is 0.0248. The van der Waals surface area contributed by atoms with Crippen LogP contribution in [0.4, 0.5) is 0 Å². The molecule has 0 aliphatic carbocycles. The van der Waals surface area contributed by atoms with E-state index in [1.807, 2.05) is 43.4 Å². The van der Waals surface area contributed by atoms with Crippen LogP contribution in [-0.4, -0.2) is 17.9 Å². The fourth-order valence-corrected chi connectivity index (χ4v) is 2.12. The van der Waals surface area contributed by atoms with Crippen molar-refractivity contribution in [2.45, 2.75) is 20.0 Å². The Kier molecular flexibility index (Phi) is 4.53. The molecule has 0 saturated carbocycles. The summed E-state index contributed by atoms with van der Waals surface area (Å²) in [6.07, 6.45) is 0. The first kappa shape index (κ1) is 14.3. The van der Waals surface area contributed by atoms with Crippen LogP contribution in [0.3, 0.4) is 0 Å². The maximum absolute atomic E-state index is 12.4. The number of rotatable bonds is 4. The molecular formula is C17H20N2O. The summed E-state index contributed by atoms with van der Waals surface area (Å²) in [7, 11) is 1.83. The highest BCUT2D eigenvalue weighted by Gasteiger charge is 2.12. The molecule has 2 aromatic rings. The molecule has 20 heavy (non-hydrogen) atoms. The molecular weight excluding hydrogens is 248 g/mol. The van der Waals surface area contributed by atoms with Crippen molar-refractivity contribution in [2.24, 2.45) is 5.73 Å². The monoisotopic (exact) mass is 268 g/mol. The van der Waals surface area contributed by atoms with E-state index in [9.17, 15) is 4.79 Å². The maximum Gasteiger partial charge on any atom is 0.253 e. The van der Waals surface area contributed by atoms with Gasteiger partial charge in [-0.05, 0) is 35.7 Å². The lowest BCUT2D eigenvalue weighted by Crippen LogP contribution is -2.26. The molecule has 3 nitrogen and oxygen atoms in total. The Morgan fingerprint density at radius 3 is 2.35 bits per heavy atom.